The van der Waals surface area contributed by atoms with Gasteiger partial charge >= 0.3 is 5.97 Å². The van der Waals surface area contributed by atoms with E-state index in [1.165, 1.54) is 12.3 Å². The highest BCUT2D eigenvalue weighted by Crippen LogP contribution is 2.49. The lowest BCUT2D eigenvalue weighted by atomic mass is 9.70. The molecule has 0 saturated heterocycles. The van der Waals surface area contributed by atoms with Gasteiger partial charge in [0, 0.05) is 30.0 Å². The Morgan fingerprint density at radius 3 is 2.59 bits per heavy atom. The summed E-state index contributed by atoms with van der Waals surface area (Å²) in [5.41, 5.74) is 2.16. The number of carboxylic acids is 1. The minimum atomic E-state index is -0.965. The number of pyridine rings is 1. The summed E-state index contributed by atoms with van der Waals surface area (Å²) in [5, 5.41) is 12.1. The number of aromatic nitrogens is 1. The van der Waals surface area contributed by atoms with Crippen molar-refractivity contribution in [2.24, 2.45) is 0 Å². The Kier molecular flexibility index (Phi) is 5.05. The number of anilines is 1. The van der Waals surface area contributed by atoms with Gasteiger partial charge < -0.3 is 15.3 Å². The number of hydrogen-bond acceptors (Lipinski definition) is 4. The Morgan fingerprint density at radius 2 is 1.90 bits per heavy atom. The standard InChI is InChI=1S/C22H23N3O4/c26-19(13-24-20(27)16-5-4-10-23-12-16)25-14-22(8-2-1-3-9-22)17-11-15(21(28)29)6-7-18(17)25/h4-7,10-12H,1-3,8-9,13-14H2,(H,24,27)(H,28,29). The molecule has 2 aliphatic rings. The Labute approximate surface area is 168 Å². The van der Waals surface area contributed by atoms with Crippen LogP contribution >= 0.6 is 0 Å². The Balaban J connectivity index is 1.56. The number of hydrogen-bond donors (Lipinski definition) is 2. The molecule has 2 heterocycles. The normalized spacial score (nSPS) is 17.0. The molecule has 0 atom stereocenters. The third-order valence-electron chi connectivity index (χ3n) is 6.00. The van der Waals surface area contributed by atoms with Crippen LogP contribution < -0.4 is 10.2 Å². The number of nitrogens with zero attached hydrogens (tertiary/aromatic N) is 2. The van der Waals surface area contributed by atoms with Crippen LogP contribution in [0.15, 0.2) is 42.7 Å². The first kappa shape index (κ1) is 19.1. The summed E-state index contributed by atoms with van der Waals surface area (Å²) < 4.78 is 0. The summed E-state index contributed by atoms with van der Waals surface area (Å²) in [6.07, 6.45) is 8.20. The van der Waals surface area contributed by atoms with Gasteiger partial charge in [-0.25, -0.2) is 4.79 Å². The van der Waals surface area contributed by atoms with Crippen molar-refractivity contribution in [3.63, 3.8) is 0 Å². The van der Waals surface area contributed by atoms with Crippen LogP contribution in [0.2, 0.25) is 0 Å². The van der Waals surface area contributed by atoms with Gasteiger partial charge in [-0.05, 0) is 48.7 Å². The first-order valence-electron chi connectivity index (χ1n) is 9.87. The predicted octanol–water partition coefficient (Wildman–Crippen LogP) is 2.76. The van der Waals surface area contributed by atoms with Crippen LogP contribution in [-0.2, 0) is 10.2 Å². The lowest BCUT2D eigenvalue weighted by molar-refractivity contribution is -0.117. The number of amides is 2. The molecule has 2 aromatic rings. The van der Waals surface area contributed by atoms with Gasteiger partial charge in [-0.2, -0.15) is 0 Å². The van der Waals surface area contributed by atoms with Crippen LogP contribution in [0.25, 0.3) is 0 Å². The van der Waals surface area contributed by atoms with Crippen LogP contribution in [0.5, 0.6) is 0 Å². The molecular formula is C22H23N3O4. The number of benzene rings is 1. The van der Waals surface area contributed by atoms with Gasteiger partial charge in [0.25, 0.3) is 5.91 Å². The van der Waals surface area contributed by atoms with Crippen molar-refractivity contribution in [1.29, 1.82) is 0 Å². The average Bonchev–Trinajstić information content (AvgIpc) is 3.06. The van der Waals surface area contributed by atoms with Crippen molar-refractivity contribution in [3.05, 3.63) is 59.4 Å². The SMILES string of the molecule is O=C(O)c1ccc2c(c1)C1(CCCCC1)CN2C(=O)CNC(=O)c1cccnc1. The van der Waals surface area contributed by atoms with Crippen molar-refractivity contribution in [2.45, 2.75) is 37.5 Å². The highest BCUT2D eigenvalue weighted by Gasteiger charge is 2.45. The summed E-state index contributed by atoms with van der Waals surface area (Å²) in [4.78, 5) is 42.3. The molecule has 1 saturated carbocycles. The molecule has 2 amide bonds. The van der Waals surface area contributed by atoms with Crippen molar-refractivity contribution in [1.82, 2.24) is 10.3 Å². The molecule has 29 heavy (non-hydrogen) atoms. The maximum atomic E-state index is 13.0. The van der Waals surface area contributed by atoms with Gasteiger partial charge in [0.2, 0.25) is 5.91 Å². The van der Waals surface area contributed by atoms with Crippen molar-refractivity contribution < 1.29 is 19.5 Å². The second kappa shape index (κ2) is 7.66. The van der Waals surface area contributed by atoms with Gasteiger partial charge in [-0.15, -0.1) is 0 Å². The quantitative estimate of drug-likeness (QED) is 0.832. The smallest absolute Gasteiger partial charge is 0.335 e. The minimum absolute atomic E-state index is 0.121. The van der Waals surface area contributed by atoms with Gasteiger partial charge in [0.05, 0.1) is 17.7 Å². The zero-order valence-electron chi connectivity index (χ0n) is 16.1. The van der Waals surface area contributed by atoms with Gasteiger partial charge in [0.1, 0.15) is 0 Å². The van der Waals surface area contributed by atoms with Crippen LogP contribution in [0.3, 0.4) is 0 Å². The first-order valence-corrected chi connectivity index (χ1v) is 9.87. The fourth-order valence-electron chi connectivity index (χ4n) is 4.53. The molecule has 7 heteroatoms. The molecule has 150 valence electrons. The summed E-state index contributed by atoms with van der Waals surface area (Å²) >= 11 is 0. The van der Waals surface area contributed by atoms with Crippen LogP contribution in [0, 0.1) is 0 Å². The Hall–Kier alpha value is -3.22. The third kappa shape index (κ3) is 3.60. The zero-order valence-corrected chi connectivity index (χ0v) is 16.1. The van der Waals surface area contributed by atoms with Crippen LogP contribution in [-0.4, -0.2) is 41.0 Å². The predicted molar refractivity (Wildman–Crippen MR) is 107 cm³/mol. The van der Waals surface area contributed by atoms with Gasteiger partial charge in [0.15, 0.2) is 0 Å². The number of fused-ring (bicyclic) bond motifs is 2. The molecule has 1 aromatic carbocycles. The van der Waals surface area contributed by atoms with E-state index in [-0.39, 0.29) is 29.3 Å². The molecule has 1 aromatic heterocycles. The second-order valence-corrected chi connectivity index (χ2v) is 7.78. The van der Waals surface area contributed by atoms with Crippen LogP contribution in [0.1, 0.15) is 58.4 Å². The number of carbonyl (C=O) groups is 3. The number of carboxylic acid groups (broad SMARTS) is 1. The Morgan fingerprint density at radius 1 is 1.10 bits per heavy atom. The third-order valence-corrected chi connectivity index (χ3v) is 6.00. The molecule has 0 bridgehead atoms. The molecule has 1 spiro atoms. The average molecular weight is 393 g/mol. The molecule has 1 fully saturated rings. The van der Waals surface area contributed by atoms with E-state index < -0.39 is 5.97 Å². The molecule has 1 aliphatic carbocycles. The van der Waals surface area contributed by atoms with Gasteiger partial charge in [-0.1, -0.05) is 19.3 Å². The van der Waals surface area contributed by atoms with E-state index in [2.05, 4.69) is 10.3 Å². The summed E-state index contributed by atoms with van der Waals surface area (Å²) in [6, 6.07) is 8.30. The van der Waals surface area contributed by atoms with Crippen molar-refractivity contribution in [3.8, 4) is 0 Å². The molecule has 2 N–H and O–H groups in total. The van der Waals surface area contributed by atoms with E-state index in [0.29, 0.717) is 12.1 Å². The summed E-state index contributed by atoms with van der Waals surface area (Å²) in [7, 11) is 0. The lowest BCUT2D eigenvalue weighted by Crippen LogP contribution is -2.43. The fourth-order valence-corrected chi connectivity index (χ4v) is 4.53. The van der Waals surface area contributed by atoms with Crippen molar-refractivity contribution in [2.75, 3.05) is 18.0 Å². The topological polar surface area (TPSA) is 99.6 Å². The fraction of sp³-hybridized carbons (Fsp3) is 0.364. The van der Waals surface area contributed by atoms with Crippen LogP contribution in [0.4, 0.5) is 5.69 Å². The molecule has 7 nitrogen and oxygen atoms in total. The number of rotatable bonds is 4. The molecule has 4 rings (SSSR count). The molecule has 1 aliphatic heterocycles. The maximum absolute atomic E-state index is 13.0. The lowest BCUT2D eigenvalue weighted by Gasteiger charge is -2.34. The number of aromatic carboxylic acids is 1. The highest BCUT2D eigenvalue weighted by molar-refractivity contribution is 6.02. The van der Waals surface area contributed by atoms with E-state index in [4.69, 9.17) is 0 Å². The highest BCUT2D eigenvalue weighted by atomic mass is 16.4. The Bertz CT molecular complexity index is 952. The van der Waals surface area contributed by atoms with Gasteiger partial charge in [-0.3, -0.25) is 14.6 Å². The van der Waals surface area contributed by atoms with E-state index in [9.17, 15) is 19.5 Å². The van der Waals surface area contributed by atoms with E-state index in [0.717, 1.165) is 43.4 Å². The maximum Gasteiger partial charge on any atom is 0.335 e. The van der Waals surface area contributed by atoms with E-state index in [1.807, 2.05) is 0 Å². The number of carbonyl (C=O) groups excluding carboxylic acids is 2. The summed E-state index contributed by atoms with van der Waals surface area (Å²) in [5.74, 6) is -1.51. The van der Waals surface area contributed by atoms with E-state index >= 15 is 0 Å². The largest absolute Gasteiger partial charge is 0.478 e. The molecule has 0 radical (unpaired) electrons. The first-order chi connectivity index (χ1) is 14.0. The minimum Gasteiger partial charge on any atom is -0.478 e. The molecule has 0 unspecified atom stereocenters. The monoisotopic (exact) mass is 393 g/mol. The second-order valence-electron chi connectivity index (χ2n) is 7.78. The summed E-state index contributed by atoms with van der Waals surface area (Å²) in [6.45, 7) is 0.414. The molecular weight excluding hydrogens is 370 g/mol. The van der Waals surface area contributed by atoms with Crippen molar-refractivity contribution >= 4 is 23.5 Å². The number of nitrogens with one attached hydrogen (secondary N) is 1. The zero-order chi connectivity index (χ0) is 20.4. The van der Waals surface area contributed by atoms with E-state index in [1.54, 1.807) is 35.4 Å².